The topological polar surface area (TPSA) is 42.0 Å². The molecule has 21 heavy (non-hydrogen) atoms. The van der Waals surface area contributed by atoms with Gasteiger partial charge in [-0.15, -0.1) is 24.5 Å². The van der Waals surface area contributed by atoms with Crippen LogP contribution < -0.4 is 4.74 Å². The molecular formula is C14H7F3NO2S. The van der Waals surface area contributed by atoms with Gasteiger partial charge >= 0.3 is 6.36 Å². The maximum Gasteiger partial charge on any atom is 0.573 e. The van der Waals surface area contributed by atoms with E-state index in [1.54, 1.807) is 6.07 Å². The summed E-state index contributed by atoms with van der Waals surface area (Å²) in [6, 6.07) is 9.98. The number of rotatable bonds is 2. The van der Waals surface area contributed by atoms with Crippen LogP contribution in [0.25, 0.3) is 20.8 Å². The van der Waals surface area contributed by atoms with Crippen LogP contribution in [0, 0.1) is 0 Å². The van der Waals surface area contributed by atoms with Crippen molar-refractivity contribution in [1.29, 1.82) is 0 Å². The molecule has 0 bridgehead atoms. The maximum absolute atomic E-state index is 12.1. The van der Waals surface area contributed by atoms with Gasteiger partial charge in [0, 0.05) is 11.6 Å². The summed E-state index contributed by atoms with van der Waals surface area (Å²) in [5.74, 6) is -0.388. The molecule has 0 atom stereocenters. The zero-order valence-electron chi connectivity index (χ0n) is 10.3. The van der Waals surface area contributed by atoms with Crippen molar-refractivity contribution in [3.8, 4) is 22.1 Å². The van der Waals surface area contributed by atoms with Crippen LogP contribution in [0.1, 0.15) is 0 Å². The lowest BCUT2D eigenvalue weighted by Crippen LogP contribution is -2.16. The molecule has 0 fully saturated rings. The average molecular weight is 310 g/mol. The molecule has 3 nitrogen and oxygen atoms in total. The molecule has 1 radical (unpaired) electrons. The lowest BCUT2D eigenvalue weighted by molar-refractivity contribution is -0.274. The van der Waals surface area contributed by atoms with E-state index in [0.29, 0.717) is 16.1 Å². The van der Waals surface area contributed by atoms with E-state index in [9.17, 15) is 18.3 Å². The normalized spacial score (nSPS) is 11.8. The largest absolute Gasteiger partial charge is 0.573 e. The molecule has 7 heteroatoms. The first kappa shape index (κ1) is 13.7. The van der Waals surface area contributed by atoms with Crippen LogP contribution in [0.4, 0.5) is 13.2 Å². The zero-order chi connectivity index (χ0) is 15.0. The summed E-state index contributed by atoms with van der Waals surface area (Å²) < 4.78 is 40.8. The van der Waals surface area contributed by atoms with Gasteiger partial charge in [0.1, 0.15) is 10.8 Å². The van der Waals surface area contributed by atoms with Gasteiger partial charge in [-0.05, 0) is 36.4 Å². The number of hydrogen-bond acceptors (Lipinski definition) is 3. The van der Waals surface area contributed by atoms with Gasteiger partial charge in [0.15, 0.2) is 5.75 Å². The van der Waals surface area contributed by atoms with Crippen LogP contribution in [0.3, 0.4) is 0 Å². The molecule has 0 aliphatic heterocycles. The Bertz CT molecular complexity index is 781. The molecule has 0 aliphatic carbocycles. The molecule has 0 aliphatic rings. The molecule has 0 unspecified atom stereocenters. The Morgan fingerprint density at radius 3 is 2.43 bits per heavy atom. The van der Waals surface area contributed by atoms with Crippen molar-refractivity contribution >= 4 is 21.6 Å². The molecule has 107 valence electrons. The van der Waals surface area contributed by atoms with E-state index >= 15 is 0 Å². The molecule has 0 amide bonds. The molecule has 1 heterocycles. The molecular weight excluding hydrogens is 303 g/mol. The number of benzene rings is 2. The number of ether oxygens (including phenoxy) is 1. The van der Waals surface area contributed by atoms with Crippen LogP contribution in [-0.2, 0) is 5.11 Å². The fourth-order valence-corrected chi connectivity index (χ4v) is 2.83. The van der Waals surface area contributed by atoms with Gasteiger partial charge in [0.25, 0.3) is 0 Å². The van der Waals surface area contributed by atoms with Crippen molar-refractivity contribution in [3.63, 3.8) is 0 Å². The third-order valence-corrected chi connectivity index (χ3v) is 3.76. The highest BCUT2D eigenvalue weighted by molar-refractivity contribution is 7.21. The number of nitrogens with zero attached hydrogens (tertiary/aromatic N) is 1. The van der Waals surface area contributed by atoms with Crippen molar-refractivity contribution < 1.29 is 23.0 Å². The summed E-state index contributed by atoms with van der Waals surface area (Å²) in [6.45, 7) is 0. The monoisotopic (exact) mass is 310 g/mol. The second-order valence-electron chi connectivity index (χ2n) is 4.22. The van der Waals surface area contributed by atoms with Crippen LogP contribution in [0.15, 0.2) is 42.5 Å². The van der Waals surface area contributed by atoms with Gasteiger partial charge in [-0.25, -0.2) is 4.98 Å². The van der Waals surface area contributed by atoms with Gasteiger partial charge < -0.3 is 4.74 Å². The number of fused-ring (bicyclic) bond motifs is 1. The van der Waals surface area contributed by atoms with Gasteiger partial charge in [-0.3, -0.25) is 5.11 Å². The minimum absolute atomic E-state index is 0.105. The minimum Gasteiger partial charge on any atom is -0.406 e. The Labute approximate surface area is 121 Å². The maximum atomic E-state index is 12.1. The predicted molar refractivity (Wildman–Crippen MR) is 71.9 cm³/mol. The third-order valence-electron chi connectivity index (χ3n) is 2.69. The number of aromatic nitrogens is 1. The van der Waals surface area contributed by atoms with E-state index in [1.807, 2.05) is 0 Å². The Morgan fingerprint density at radius 2 is 1.76 bits per heavy atom. The number of hydrogen-bond donors (Lipinski definition) is 0. The van der Waals surface area contributed by atoms with Gasteiger partial charge in [0.05, 0.1) is 10.2 Å². The fraction of sp³-hybridized carbons (Fsp3) is 0.0714. The Kier molecular flexibility index (Phi) is 3.21. The van der Waals surface area contributed by atoms with Crippen LogP contribution in [0.2, 0.25) is 0 Å². The van der Waals surface area contributed by atoms with Gasteiger partial charge in [-0.1, -0.05) is 0 Å². The highest BCUT2D eigenvalue weighted by atomic mass is 32.1. The quantitative estimate of drug-likeness (QED) is 0.668. The SMILES string of the molecule is [O]c1ccc2nc(-c3ccc(OC(F)(F)F)cc3)sc2c1. The second-order valence-corrected chi connectivity index (χ2v) is 5.25. The summed E-state index contributed by atoms with van der Waals surface area (Å²) in [7, 11) is 0. The van der Waals surface area contributed by atoms with E-state index in [0.717, 1.165) is 4.70 Å². The van der Waals surface area contributed by atoms with Gasteiger partial charge in [0.2, 0.25) is 0 Å². The summed E-state index contributed by atoms with van der Waals surface area (Å²) in [6.07, 6.45) is -4.71. The predicted octanol–water partition coefficient (Wildman–Crippen LogP) is 5.01. The van der Waals surface area contributed by atoms with E-state index in [-0.39, 0.29) is 11.5 Å². The number of thiazole rings is 1. The van der Waals surface area contributed by atoms with E-state index in [1.165, 1.54) is 47.7 Å². The van der Waals surface area contributed by atoms with E-state index in [4.69, 9.17) is 0 Å². The highest BCUT2D eigenvalue weighted by Gasteiger charge is 2.30. The average Bonchev–Trinajstić information content (AvgIpc) is 2.80. The van der Waals surface area contributed by atoms with E-state index < -0.39 is 6.36 Å². The van der Waals surface area contributed by atoms with Gasteiger partial charge in [-0.2, -0.15) is 0 Å². The minimum atomic E-state index is -4.71. The van der Waals surface area contributed by atoms with Crippen LogP contribution in [-0.4, -0.2) is 11.3 Å². The Balaban J connectivity index is 1.91. The summed E-state index contributed by atoms with van der Waals surface area (Å²) in [5.41, 5.74) is 1.35. The molecule has 2 aromatic carbocycles. The first-order valence-corrected chi connectivity index (χ1v) is 6.66. The van der Waals surface area contributed by atoms with Crippen molar-refractivity contribution in [2.75, 3.05) is 0 Å². The van der Waals surface area contributed by atoms with Crippen LogP contribution >= 0.6 is 11.3 Å². The van der Waals surface area contributed by atoms with Crippen molar-refractivity contribution in [2.45, 2.75) is 6.36 Å². The van der Waals surface area contributed by atoms with Crippen molar-refractivity contribution in [3.05, 3.63) is 42.5 Å². The Hall–Kier alpha value is -2.28. The zero-order valence-corrected chi connectivity index (χ0v) is 11.2. The highest BCUT2D eigenvalue weighted by Crippen LogP contribution is 2.33. The number of halogens is 3. The molecule has 0 N–H and O–H groups in total. The summed E-state index contributed by atoms with van der Waals surface area (Å²) >= 11 is 1.31. The summed E-state index contributed by atoms with van der Waals surface area (Å²) in [5, 5.41) is 11.9. The smallest absolute Gasteiger partial charge is 0.406 e. The fourth-order valence-electron chi connectivity index (χ4n) is 1.83. The summed E-state index contributed by atoms with van der Waals surface area (Å²) in [4.78, 5) is 4.34. The van der Waals surface area contributed by atoms with E-state index in [2.05, 4.69) is 9.72 Å². The molecule has 3 rings (SSSR count). The molecule has 3 aromatic rings. The first-order chi connectivity index (χ1) is 9.90. The Morgan fingerprint density at radius 1 is 1.05 bits per heavy atom. The molecule has 0 spiro atoms. The van der Waals surface area contributed by atoms with Crippen molar-refractivity contribution in [2.24, 2.45) is 0 Å². The lowest BCUT2D eigenvalue weighted by atomic mass is 10.2. The number of alkyl halides is 3. The first-order valence-electron chi connectivity index (χ1n) is 5.84. The molecule has 0 saturated carbocycles. The molecule has 0 saturated heterocycles. The second kappa shape index (κ2) is 4.92. The third kappa shape index (κ3) is 3.08. The molecule has 1 aromatic heterocycles. The van der Waals surface area contributed by atoms with Crippen molar-refractivity contribution in [1.82, 2.24) is 4.98 Å². The van der Waals surface area contributed by atoms with Crippen LogP contribution in [0.5, 0.6) is 11.5 Å². The standard InChI is InChI=1S/C14H7F3NO2S/c15-14(16,17)20-10-4-1-8(2-5-10)13-18-11-6-3-9(19)7-12(11)21-13/h1-7H. The lowest BCUT2D eigenvalue weighted by Gasteiger charge is -2.08.